The van der Waals surface area contributed by atoms with Gasteiger partial charge in [0, 0.05) is 24.3 Å². The summed E-state index contributed by atoms with van der Waals surface area (Å²) in [6.45, 7) is 12.3. The quantitative estimate of drug-likeness (QED) is 0.889. The predicted octanol–water partition coefficient (Wildman–Crippen LogP) is 2.46. The summed E-state index contributed by atoms with van der Waals surface area (Å²) in [5.74, 6) is 1.66. The Morgan fingerprint density at radius 3 is 2.42 bits per heavy atom. The summed E-state index contributed by atoms with van der Waals surface area (Å²) in [6.07, 6.45) is 0.864. The molecule has 5 heteroatoms. The van der Waals surface area contributed by atoms with Crippen molar-refractivity contribution in [1.82, 2.24) is 15.5 Å². The van der Waals surface area contributed by atoms with Crippen LogP contribution in [0.15, 0.2) is 4.52 Å². The maximum absolute atomic E-state index is 11.7. The molecule has 1 heterocycles. The van der Waals surface area contributed by atoms with E-state index in [2.05, 4.69) is 29.3 Å². The van der Waals surface area contributed by atoms with Crippen LogP contribution >= 0.6 is 0 Å². The lowest BCUT2D eigenvalue weighted by molar-refractivity contribution is -0.122. The Morgan fingerprint density at radius 2 is 1.95 bits per heavy atom. The first-order valence-corrected chi connectivity index (χ1v) is 6.82. The third-order valence-electron chi connectivity index (χ3n) is 3.09. The minimum Gasteiger partial charge on any atom is -0.353 e. The van der Waals surface area contributed by atoms with E-state index in [1.54, 1.807) is 0 Å². The van der Waals surface area contributed by atoms with Gasteiger partial charge in [0.05, 0.1) is 0 Å². The number of hydrogen-bond donors (Lipinski definition) is 1. The van der Waals surface area contributed by atoms with Gasteiger partial charge in [0.25, 0.3) is 0 Å². The minimum absolute atomic E-state index is 0.0247. The first-order valence-electron chi connectivity index (χ1n) is 6.82. The SMILES string of the molecule is CC(C)[C@H](C)NC(=O)CCc1nc(C(C)(C)C)no1. The van der Waals surface area contributed by atoms with Crippen LogP contribution < -0.4 is 5.32 Å². The van der Waals surface area contributed by atoms with Gasteiger partial charge in [-0.05, 0) is 12.8 Å². The highest BCUT2D eigenvalue weighted by Gasteiger charge is 2.21. The molecule has 1 atom stereocenters. The van der Waals surface area contributed by atoms with E-state index in [-0.39, 0.29) is 17.4 Å². The van der Waals surface area contributed by atoms with E-state index in [9.17, 15) is 4.79 Å². The van der Waals surface area contributed by atoms with Crippen molar-refractivity contribution in [3.63, 3.8) is 0 Å². The van der Waals surface area contributed by atoms with E-state index in [0.29, 0.717) is 30.5 Å². The van der Waals surface area contributed by atoms with Crippen molar-refractivity contribution in [2.45, 2.75) is 65.8 Å². The second-order valence-corrected chi connectivity index (χ2v) is 6.36. The Kier molecular flexibility index (Phi) is 5.09. The van der Waals surface area contributed by atoms with Crippen molar-refractivity contribution in [1.29, 1.82) is 0 Å². The molecule has 0 radical (unpaired) electrons. The van der Waals surface area contributed by atoms with Crippen molar-refractivity contribution >= 4 is 5.91 Å². The molecule has 0 aliphatic heterocycles. The van der Waals surface area contributed by atoms with Gasteiger partial charge in [-0.1, -0.05) is 39.8 Å². The first-order chi connectivity index (χ1) is 8.70. The highest BCUT2D eigenvalue weighted by Crippen LogP contribution is 2.18. The summed E-state index contributed by atoms with van der Waals surface area (Å²) in [5.41, 5.74) is -0.129. The molecule has 5 nitrogen and oxygen atoms in total. The Bertz CT molecular complexity index is 419. The maximum atomic E-state index is 11.7. The topological polar surface area (TPSA) is 68.0 Å². The number of amides is 1. The summed E-state index contributed by atoms with van der Waals surface area (Å²) in [4.78, 5) is 16.0. The molecular formula is C14H25N3O2. The molecule has 0 saturated carbocycles. The Labute approximate surface area is 115 Å². The molecule has 0 bridgehead atoms. The van der Waals surface area contributed by atoms with E-state index in [1.165, 1.54) is 0 Å². The van der Waals surface area contributed by atoms with Crippen LogP contribution in [0.1, 0.15) is 59.7 Å². The first kappa shape index (κ1) is 15.7. The van der Waals surface area contributed by atoms with Crippen LogP contribution in [0.2, 0.25) is 0 Å². The lowest BCUT2D eigenvalue weighted by atomic mass is 9.96. The fourth-order valence-electron chi connectivity index (χ4n) is 1.37. The number of aromatic nitrogens is 2. The third-order valence-corrected chi connectivity index (χ3v) is 3.09. The van der Waals surface area contributed by atoms with Crippen molar-refractivity contribution in [2.75, 3.05) is 0 Å². The van der Waals surface area contributed by atoms with Crippen molar-refractivity contribution in [2.24, 2.45) is 5.92 Å². The average molecular weight is 267 g/mol. The van der Waals surface area contributed by atoms with Gasteiger partial charge in [-0.3, -0.25) is 4.79 Å². The largest absolute Gasteiger partial charge is 0.353 e. The molecule has 1 aromatic rings. The van der Waals surface area contributed by atoms with Gasteiger partial charge in [0.15, 0.2) is 5.82 Å². The highest BCUT2D eigenvalue weighted by molar-refractivity contribution is 5.76. The summed E-state index contributed by atoms with van der Waals surface area (Å²) >= 11 is 0. The van der Waals surface area contributed by atoms with E-state index in [0.717, 1.165) is 0 Å². The number of aryl methyl sites for hydroxylation is 1. The standard InChI is InChI=1S/C14H25N3O2/c1-9(2)10(3)15-11(18)7-8-12-16-13(17-19-12)14(4,5)6/h9-10H,7-8H2,1-6H3,(H,15,18)/t10-/m0/s1. The summed E-state index contributed by atoms with van der Waals surface area (Å²) in [7, 11) is 0. The highest BCUT2D eigenvalue weighted by atomic mass is 16.5. The lowest BCUT2D eigenvalue weighted by Gasteiger charge is -2.16. The molecule has 1 rings (SSSR count). The number of nitrogens with one attached hydrogen (secondary N) is 1. The molecule has 1 aromatic heterocycles. The van der Waals surface area contributed by atoms with Crippen molar-refractivity contribution < 1.29 is 9.32 Å². The summed E-state index contributed by atoms with van der Waals surface area (Å²) in [5, 5.41) is 6.89. The molecular weight excluding hydrogens is 242 g/mol. The summed E-state index contributed by atoms with van der Waals surface area (Å²) in [6, 6.07) is 0.181. The zero-order valence-corrected chi connectivity index (χ0v) is 12.8. The van der Waals surface area contributed by atoms with Gasteiger partial charge >= 0.3 is 0 Å². The monoisotopic (exact) mass is 267 g/mol. The van der Waals surface area contributed by atoms with Gasteiger partial charge in [0.1, 0.15) is 0 Å². The van der Waals surface area contributed by atoms with Crippen LogP contribution in [0.3, 0.4) is 0 Å². The molecule has 1 amide bonds. The third kappa shape index (κ3) is 5.01. The Balaban J connectivity index is 2.45. The average Bonchev–Trinajstić information content (AvgIpc) is 2.74. The fourth-order valence-corrected chi connectivity index (χ4v) is 1.37. The molecule has 0 aliphatic rings. The molecule has 0 fully saturated rings. The van der Waals surface area contributed by atoms with Crippen LogP contribution in [0.5, 0.6) is 0 Å². The van der Waals surface area contributed by atoms with Crippen LogP contribution in [0.4, 0.5) is 0 Å². The zero-order chi connectivity index (χ0) is 14.6. The smallest absolute Gasteiger partial charge is 0.227 e. The van der Waals surface area contributed by atoms with Gasteiger partial charge < -0.3 is 9.84 Å². The van der Waals surface area contributed by atoms with E-state index in [4.69, 9.17) is 4.52 Å². The molecule has 19 heavy (non-hydrogen) atoms. The number of carbonyl (C=O) groups is 1. The summed E-state index contributed by atoms with van der Waals surface area (Å²) < 4.78 is 5.15. The van der Waals surface area contributed by atoms with Gasteiger partial charge in [0.2, 0.25) is 11.8 Å². The second-order valence-electron chi connectivity index (χ2n) is 6.36. The van der Waals surface area contributed by atoms with Crippen LogP contribution in [-0.4, -0.2) is 22.1 Å². The number of nitrogens with zero attached hydrogens (tertiary/aromatic N) is 2. The van der Waals surface area contributed by atoms with Crippen molar-refractivity contribution in [3.8, 4) is 0 Å². The zero-order valence-electron chi connectivity index (χ0n) is 12.8. The number of carbonyl (C=O) groups excluding carboxylic acids is 1. The van der Waals surface area contributed by atoms with Crippen LogP contribution in [0.25, 0.3) is 0 Å². The Hall–Kier alpha value is -1.39. The molecule has 108 valence electrons. The predicted molar refractivity (Wildman–Crippen MR) is 73.8 cm³/mol. The molecule has 0 spiro atoms. The molecule has 0 aromatic carbocycles. The van der Waals surface area contributed by atoms with E-state index in [1.807, 2.05) is 27.7 Å². The van der Waals surface area contributed by atoms with Gasteiger partial charge in [-0.25, -0.2) is 0 Å². The molecule has 0 aliphatic carbocycles. The number of hydrogen-bond acceptors (Lipinski definition) is 4. The number of rotatable bonds is 5. The normalized spacial score (nSPS) is 13.6. The van der Waals surface area contributed by atoms with Crippen LogP contribution in [-0.2, 0) is 16.6 Å². The molecule has 0 saturated heterocycles. The van der Waals surface area contributed by atoms with Gasteiger partial charge in [-0.15, -0.1) is 0 Å². The second kappa shape index (κ2) is 6.17. The van der Waals surface area contributed by atoms with Gasteiger partial charge in [-0.2, -0.15) is 4.98 Å². The molecule has 0 unspecified atom stereocenters. The Morgan fingerprint density at radius 1 is 1.32 bits per heavy atom. The maximum Gasteiger partial charge on any atom is 0.227 e. The fraction of sp³-hybridized carbons (Fsp3) is 0.786. The van der Waals surface area contributed by atoms with Crippen molar-refractivity contribution in [3.05, 3.63) is 11.7 Å². The van der Waals surface area contributed by atoms with E-state index >= 15 is 0 Å². The lowest BCUT2D eigenvalue weighted by Crippen LogP contribution is -2.36. The molecule has 1 N–H and O–H groups in total. The van der Waals surface area contributed by atoms with Crippen LogP contribution in [0, 0.1) is 5.92 Å². The van der Waals surface area contributed by atoms with E-state index < -0.39 is 0 Å². The minimum atomic E-state index is -0.129.